The van der Waals surface area contributed by atoms with Crippen LogP contribution in [-0.4, -0.2) is 37.6 Å². The van der Waals surface area contributed by atoms with Gasteiger partial charge in [0.25, 0.3) is 5.91 Å². The van der Waals surface area contributed by atoms with Gasteiger partial charge in [0, 0.05) is 11.1 Å². The predicted molar refractivity (Wildman–Crippen MR) is 83.3 cm³/mol. The molecule has 1 heterocycles. The highest BCUT2D eigenvalue weighted by Gasteiger charge is 2.29. The van der Waals surface area contributed by atoms with Gasteiger partial charge in [0.2, 0.25) is 5.71 Å². The van der Waals surface area contributed by atoms with E-state index in [0.29, 0.717) is 17.1 Å². The number of amides is 1. The van der Waals surface area contributed by atoms with Crippen LogP contribution in [0, 0.1) is 11.3 Å². The summed E-state index contributed by atoms with van der Waals surface area (Å²) < 4.78 is 22.7. The Bertz CT molecular complexity index is 738. The Kier molecular flexibility index (Phi) is 5.00. The van der Waals surface area contributed by atoms with Gasteiger partial charge >= 0.3 is 0 Å². The molecule has 1 fully saturated rings. The smallest absolute Gasteiger partial charge is 0.282 e. The molecule has 1 aromatic rings. The van der Waals surface area contributed by atoms with E-state index in [2.05, 4.69) is 15.8 Å². The monoisotopic (exact) mass is 340 g/mol. The van der Waals surface area contributed by atoms with Crippen molar-refractivity contribution in [3.05, 3.63) is 29.3 Å². The maximum Gasteiger partial charge on any atom is 0.282 e. The highest BCUT2D eigenvalue weighted by atomic mass is 35.5. The molecule has 0 unspecified atom stereocenters. The first kappa shape index (κ1) is 16.3. The van der Waals surface area contributed by atoms with Gasteiger partial charge in [-0.05, 0) is 30.7 Å². The molecule has 2 rings (SSSR count). The van der Waals surface area contributed by atoms with Crippen LogP contribution in [0.5, 0.6) is 0 Å². The molecule has 0 aromatic heterocycles. The fourth-order valence-corrected chi connectivity index (χ4v) is 3.73. The molecule has 1 aliphatic rings. The molecule has 1 aromatic carbocycles. The molecule has 1 saturated heterocycles. The Morgan fingerprint density at radius 2 is 2.05 bits per heavy atom. The molecule has 0 bridgehead atoms. The largest absolute Gasteiger partial charge is 0.346 e. The fraction of sp³-hybridized carbons (Fsp3) is 0.308. The lowest BCUT2D eigenvalue weighted by Gasteiger charge is -2.09. The van der Waals surface area contributed by atoms with E-state index in [-0.39, 0.29) is 17.2 Å². The van der Waals surface area contributed by atoms with E-state index in [1.807, 2.05) is 0 Å². The van der Waals surface area contributed by atoms with Gasteiger partial charge < -0.3 is 5.32 Å². The Hall–Kier alpha value is -2.11. The number of rotatable bonds is 4. The lowest BCUT2D eigenvalue weighted by molar-refractivity contribution is -0.115. The number of hydrazone groups is 1. The molecule has 0 spiro atoms. The number of nitriles is 1. The number of nitrogens with one attached hydrogen (secondary N) is 2. The van der Waals surface area contributed by atoms with Crippen molar-refractivity contribution in [3.63, 3.8) is 0 Å². The van der Waals surface area contributed by atoms with Crippen LogP contribution in [0.15, 0.2) is 29.4 Å². The van der Waals surface area contributed by atoms with Crippen LogP contribution in [0.3, 0.4) is 0 Å². The quantitative estimate of drug-likeness (QED) is 0.625. The number of sulfone groups is 1. The van der Waals surface area contributed by atoms with E-state index in [1.165, 1.54) is 0 Å². The zero-order valence-electron chi connectivity index (χ0n) is 11.4. The maximum absolute atomic E-state index is 11.9. The molecule has 2 N–H and O–H groups in total. The second kappa shape index (κ2) is 6.77. The first-order valence-corrected chi connectivity index (χ1v) is 8.60. The van der Waals surface area contributed by atoms with E-state index in [0.717, 1.165) is 0 Å². The summed E-state index contributed by atoms with van der Waals surface area (Å²) in [5.74, 6) is -0.770. The van der Waals surface area contributed by atoms with Crippen molar-refractivity contribution < 1.29 is 13.2 Å². The predicted octanol–water partition coefficient (Wildman–Crippen LogP) is 0.935. The molecular weight excluding hydrogens is 328 g/mol. The van der Waals surface area contributed by atoms with Crippen molar-refractivity contribution in [2.45, 2.75) is 12.5 Å². The molecule has 1 aliphatic heterocycles. The fourth-order valence-electron chi connectivity index (χ4n) is 1.93. The Morgan fingerprint density at radius 1 is 1.36 bits per heavy atom. The number of hydrogen-bond acceptors (Lipinski definition) is 6. The van der Waals surface area contributed by atoms with E-state index >= 15 is 0 Å². The number of carbonyl (C=O) groups is 1. The Labute approximate surface area is 132 Å². The molecule has 1 atom stereocenters. The van der Waals surface area contributed by atoms with Crippen LogP contribution in [0.2, 0.25) is 5.02 Å². The molecule has 0 radical (unpaired) electrons. The standard InChI is InChI=1S/C13H13ClN4O3S/c14-9-1-3-10(4-2-9)17-18-12(7-15)13(19)16-11-5-6-22(20,21)8-11/h1-4,11,17H,5-6,8H2,(H,16,19)/b18-12+/t11-/m1/s1. The van der Waals surface area contributed by atoms with Crippen molar-refractivity contribution in [1.82, 2.24) is 5.32 Å². The summed E-state index contributed by atoms with van der Waals surface area (Å²) >= 11 is 5.74. The van der Waals surface area contributed by atoms with E-state index in [9.17, 15) is 13.2 Å². The van der Waals surface area contributed by atoms with E-state index < -0.39 is 21.8 Å². The van der Waals surface area contributed by atoms with Crippen molar-refractivity contribution in [1.29, 1.82) is 5.26 Å². The van der Waals surface area contributed by atoms with Gasteiger partial charge in [-0.15, -0.1) is 0 Å². The highest BCUT2D eigenvalue weighted by molar-refractivity contribution is 7.91. The molecule has 22 heavy (non-hydrogen) atoms. The molecule has 0 saturated carbocycles. The van der Waals surface area contributed by atoms with Gasteiger partial charge in [-0.3, -0.25) is 10.2 Å². The first-order valence-electron chi connectivity index (χ1n) is 6.40. The molecular formula is C13H13ClN4O3S. The van der Waals surface area contributed by atoms with Crippen LogP contribution in [0.25, 0.3) is 0 Å². The number of benzene rings is 1. The third-order valence-electron chi connectivity index (χ3n) is 3.03. The van der Waals surface area contributed by atoms with E-state index in [4.69, 9.17) is 16.9 Å². The van der Waals surface area contributed by atoms with Gasteiger partial charge in [0.15, 0.2) is 9.84 Å². The average molecular weight is 341 g/mol. The van der Waals surface area contributed by atoms with Crippen molar-refractivity contribution in [3.8, 4) is 6.07 Å². The molecule has 0 aliphatic carbocycles. The lowest BCUT2D eigenvalue weighted by atomic mass is 10.2. The second-order valence-corrected chi connectivity index (χ2v) is 7.43. The Morgan fingerprint density at radius 3 is 2.59 bits per heavy atom. The summed E-state index contributed by atoms with van der Waals surface area (Å²) in [6.07, 6.45) is 0.345. The van der Waals surface area contributed by atoms with Crippen molar-refractivity contribution >= 4 is 38.7 Å². The number of anilines is 1. The summed E-state index contributed by atoms with van der Waals surface area (Å²) in [6.45, 7) is 0. The summed E-state index contributed by atoms with van der Waals surface area (Å²) in [7, 11) is -3.10. The van der Waals surface area contributed by atoms with Gasteiger partial charge in [-0.25, -0.2) is 8.42 Å². The van der Waals surface area contributed by atoms with Gasteiger partial charge in [0.05, 0.1) is 17.2 Å². The molecule has 9 heteroatoms. The minimum Gasteiger partial charge on any atom is -0.346 e. The van der Waals surface area contributed by atoms with Crippen molar-refractivity contribution in [2.24, 2.45) is 5.10 Å². The highest BCUT2D eigenvalue weighted by Crippen LogP contribution is 2.13. The third kappa shape index (κ3) is 4.44. The SMILES string of the molecule is N#C/C(=N\Nc1ccc(Cl)cc1)C(=O)N[C@@H]1CCS(=O)(=O)C1. The third-order valence-corrected chi connectivity index (χ3v) is 5.05. The maximum atomic E-state index is 11.9. The summed E-state index contributed by atoms with van der Waals surface area (Å²) in [5, 5.41) is 15.7. The van der Waals surface area contributed by atoms with Gasteiger partial charge in [-0.1, -0.05) is 11.6 Å². The molecule has 7 nitrogen and oxygen atoms in total. The zero-order chi connectivity index (χ0) is 16.2. The van der Waals surface area contributed by atoms with Gasteiger partial charge in [-0.2, -0.15) is 10.4 Å². The number of halogens is 1. The molecule has 116 valence electrons. The number of carbonyl (C=O) groups excluding carboxylic acids is 1. The summed E-state index contributed by atoms with van der Waals surface area (Å²) in [6, 6.07) is 7.75. The number of nitrogens with zero attached hydrogens (tertiary/aromatic N) is 2. The Balaban J connectivity index is 1.98. The first-order chi connectivity index (χ1) is 10.4. The van der Waals surface area contributed by atoms with Crippen LogP contribution in [0.4, 0.5) is 5.69 Å². The van der Waals surface area contributed by atoms with Crippen LogP contribution in [-0.2, 0) is 14.6 Å². The molecule has 1 amide bonds. The normalized spacial score (nSPS) is 20.2. The zero-order valence-corrected chi connectivity index (χ0v) is 13.0. The number of hydrogen-bond donors (Lipinski definition) is 2. The lowest BCUT2D eigenvalue weighted by Crippen LogP contribution is -2.39. The topological polar surface area (TPSA) is 111 Å². The van der Waals surface area contributed by atoms with E-state index in [1.54, 1.807) is 30.3 Å². The van der Waals surface area contributed by atoms with Crippen molar-refractivity contribution in [2.75, 3.05) is 16.9 Å². The van der Waals surface area contributed by atoms with Crippen LogP contribution in [0.1, 0.15) is 6.42 Å². The van der Waals surface area contributed by atoms with Crippen LogP contribution >= 0.6 is 11.6 Å². The minimum atomic E-state index is -3.10. The summed E-state index contributed by atoms with van der Waals surface area (Å²) in [5.41, 5.74) is 2.76. The van der Waals surface area contributed by atoms with Gasteiger partial charge in [0.1, 0.15) is 6.07 Å². The minimum absolute atomic E-state index is 0.0417. The average Bonchev–Trinajstić information content (AvgIpc) is 2.80. The van der Waals surface area contributed by atoms with Crippen LogP contribution < -0.4 is 10.7 Å². The second-order valence-electron chi connectivity index (χ2n) is 4.76. The summed E-state index contributed by atoms with van der Waals surface area (Å²) in [4.78, 5) is 11.9.